The normalized spacial score (nSPS) is 18.9. The van der Waals surface area contributed by atoms with Crippen molar-refractivity contribution in [3.05, 3.63) is 0 Å². The van der Waals surface area contributed by atoms with Gasteiger partial charge in [-0.3, -0.25) is 0 Å². The highest BCUT2D eigenvalue weighted by Gasteiger charge is 2.09. The van der Waals surface area contributed by atoms with Crippen LogP contribution < -0.4 is 0 Å². The summed E-state index contributed by atoms with van der Waals surface area (Å²) in [5.41, 5.74) is 0. The molecule has 0 atom stereocenters. The van der Waals surface area contributed by atoms with Crippen molar-refractivity contribution in [2.75, 3.05) is 25.5 Å². The number of likely N-dealkylation sites (tertiary alicyclic amines) is 1. The monoisotopic (exact) mass is 183 g/mol. The van der Waals surface area contributed by atoms with Crippen molar-refractivity contribution in [2.45, 2.75) is 19.3 Å². The molecule has 0 spiro atoms. The maximum Gasteiger partial charge on any atom is 0.0235 e. The van der Waals surface area contributed by atoms with E-state index in [2.05, 4.69) is 4.90 Å². The molecule has 0 aromatic heterocycles. The van der Waals surface area contributed by atoms with Gasteiger partial charge < -0.3 is 4.90 Å². The van der Waals surface area contributed by atoms with E-state index in [-0.39, 0.29) is 12.4 Å². The van der Waals surface area contributed by atoms with Crippen LogP contribution in [0, 0.1) is 0 Å². The van der Waals surface area contributed by atoms with Crippen molar-refractivity contribution < 1.29 is 0 Å². The zero-order valence-electron chi connectivity index (χ0n) is 6.18. The average Bonchev–Trinajstić information content (AvgIpc) is 2.34. The molecular weight excluding hydrogens is 169 g/mol. The van der Waals surface area contributed by atoms with E-state index >= 15 is 0 Å². The zero-order valence-corrected chi connectivity index (χ0v) is 7.76. The van der Waals surface area contributed by atoms with Gasteiger partial charge in [0, 0.05) is 5.88 Å². The van der Waals surface area contributed by atoms with Gasteiger partial charge in [-0.2, -0.15) is 0 Å². The summed E-state index contributed by atoms with van der Waals surface area (Å²) in [5.74, 6) is 0.816. The molecule has 0 N–H and O–H groups in total. The lowest BCUT2D eigenvalue weighted by molar-refractivity contribution is 0.340. The van der Waals surface area contributed by atoms with Crippen LogP contribution in [0.15, 0.2) is 0 Å². The molecule has 1 nitrogen and oxygen atoms in total. The molecule has 1 heterocycles. The molecule has 1 aliphatic rings. The fraction of sp³-hybridized carbons (Fsp3) is 1.00. The van der Waals surface area contributed by atoms with E-state index in [1.165, 1.54) is 32.5 Å². The Labute approximate surface area is 74.1 Å². The molecule has 1 saturated heterocycles. The maximum atomic E-state index is 5.55. The Morgan fingerprint density at radius 3 is 2.30 bits per heavy atom. The Kier molecular flexibility index (Phi) is 6.60. The van der Waals surface area contributed by atoms with Gasteiger partial charge in [0.25, 0.3) is 0 Å². The molecule has 0 bridgehead atoms. The topological polar surface area (TPSA) is 3.24 Å². The van der Waals surface area contributed by atoms with Gasteiger partial charge in [0.1, 0.15) is 0 Å². The number of nitrogens with zero attached hydrogens (tertiary/aromatic N) is 1. The molecule has 1 aliphatic heterocycles. The third kappa shape index (κ3) is 3.65. The first-order valence-electron chi connectivity index (χ1n) is 3.72. The molecule has 10 heavy (non-hydrogen) atoms. The minimum absolute atomic E-state index is 0. The summed E-state index contributed by atoms with van der Waals surface area (Å²) >= 11 is 5.55. The second-order valence-corrected chi connectivity index (χ2v) is 2.97. The lowest BCUT2D eigenvalue weighted by Gasteiger charge is -2.12. The molecular formula is C7H15Cl2N. The van der Waals surface area contributed by atoms with Gasteiger partial charge in [0.15, 0.2) is 0 Å². The molecule has 0 aromatic carbocycles. The van der Waals surface area contributed by atoms with E-state index < -0.39 is 0 Å². The lowest BCUT2D eigenvalue weighted by atomic mass is 10.4. The Morgan fingerprint density at radius 1 is 1.20 bits per heavy atom. The first-order valence-corrected chi connectivity index (χ1v) is 4.25. The van der Waals surface area contributed by atoms with Crippen LogP contribution in [-0.2, 0) is 0 Å². The molecule has 1 fully saturated rings. The van der Waals surface area contributed by atoms with Crippen LogP contribution in [0.4, 0.5) is 0 Å². The van der Waals surface area contributed by atoms with Gasteiger partial charge in [-0.1, -0.05) is 0 Å². The minimum atomic E-state index is 0. The van der Waals surface area contributed by atoms with E-state index in [4.69, 9.17) is 11.6 Å². The number of hydrogen-bond acceptors (Lipinski definition) is 1. The van der Waals surface area contributed by atoms with Crippen LogP contribution in [-0.4, -0.2) is 30.4 Å². The standard InChI is InChI=1S/C7H14ClN.ClH/c8-4-3-7-9-5-1-2-6-9;/h1-7H2;1H. The minimum Gasteiger partial charge on any atom is -0.303 e. The third-order valence-electron chi connectivity index (χ3n) is 1.81. The van der Waals surface area contributed by atoms with Crippen LogP contribution in [0.1, 0.15) is 19.3 Å². The molecule has 62 valence electrons. The lowest BCUT2D eigenvalue weighted by Crippen LogP contribution is -2.20. The van der Waals surface area contributed by atoms with Gasteiger partial charge in [-0.05, 0) is 38.9 Å². The van der Waals surface area contributed by atoms with Gasteiger partial charge in [-0.25, -0.2) is 0 Å². The summed E-state index contributed by atoms with van der Waals surface area (Å²) < 4.78 is 0. The second kappa shape index (κ2) is 6.26. The SMILES string of the molecule is Cl.ClCCCN1CCCC1. The van der Waals surface area contributed by atoms with Crippen molar-refractivity contribution in [3.63, 3.8) is 0 Å². The fourth-order valence-electron chi connectivity index (χ4n) is 1.29. The fourth-order valence-corrected chi connectivity index (χ4v) is 1.41. The smallest absolute Gasteiger partial charge is 0.0235 e. The molecule has 0 aromatic rings. The van der Waals surface area contributed by atoms with Crippen LogP contribution in [0.3, 0.4) is 0 Å². The van der Waals surface area contributed by atoms with E-state index in [9.17, 15) is 0 Å². The third-order valence-corrected chi connectivity index (χ3v) is 2.07. The first-order chi connectivity index (χ1) is 4.43. The molecule has 0 radical (unpaired) electrons. The van der Waals surface area contributed by atoms with Crippen molar-refractivity contribution in [3.8, 4) is 0 Å². The molecule has 0 amide bonds. The van der Waals surface area contributed by atoms with Gasteiger partial charge in [0.2, 0.25) is 0 Å². The quantitative estimate of drug-likeness (QED) is 0.607. The van der Waals surface area contributed by atoms with E-state index in [1.807, 2.05) is 0 Å². The number of hydrogen-bond donors (Lipinski definition) is 0. The maximum absolute atomic E-state index is 5.55. The molecule has 1 rings (SSSR count). The van der Waals surface area contributed by atoms with E-state index in [0.29, 0.717) is 0 Å². The molecule has 3 heteroatoms. The molecule has 0 aliphatic carbocycles. The second-order valence-electron chi connectivity index (χ2n) is 2.59. The Hall–Kier alpha value is 0.540. The number of alkyl halides is 1. The number of halogens is 2. The summed E-state index contributed by atoms with van der Waals surface area (Å²) in [4.78, 5) is 2.49. The number of rotatable bonds is 3. The van der Waals surface area contributed by atoms with Crippen molar-refractivity contribution in [1.29, 1.82) is 0 Å². The van der Waals surface area contributed by atoms with E-state index in [0.717, 1.165) is 12.3 Å². The highest BCUT2D eigenvalue weighted by molar-refractivity contribution is 6.17. The summed E-state index contributed by atoms with van der Waals surface area (Å²) in [7, 11) is 0. The van der Waals surface area contributed by atoms with E-state index in [1.54, 1.807) is 0 Å². The van der Waals surface area contributed by atoms with Crippen LogP contribution >= 0.6 is 24.0 Å². The predicted octanol–water partition coefficient (Wildman–Crippen LogP) is 2.13. The highest BCUT2D eigenvalue weighted by Crippen LogP contribution is 2.07. The van der Waals surface area contributed by atoms with Gasteiger partial charge >= 0.3 is 0 Å². The molecule has 0 unspecified atom stereocenters. The van der Waals surface area contributed by atoms with Crippen molar-refractivity contribution >= 4 is 24.0 Å². The van der Waals surface area contributed by atoms with Crippen LogP contribution in [0.5, 0.6) is 0 Å². The summed E-state index contributed by atoms with van der Waals surface area (Å²) in [6, 6.07) is 0. The van der Waals surface area contributed by atoms with Gasteiger partial charge in [-0.15, -0.1) is 24.0 Å². The largest absolute Gasteiger partial charge is 0.303 e. The molecule has 0 saturated carbocycles. The average molecular weight is 184 g/mol. The van der Waals surface area contributed by atoms with Crippen molar-refractivity contribution in [2.24, 2.45) is 0 Å². The predicted molar refractivity (Wildman–Crippen MR) is 48.3 cm³/mol. The van der Waals surface area contributed by atoms with Crippen LogP contribution in [0.25, 0.3) is 0 Å². The first kappa shape index (κ1) is 10.5. The Bertz CT molecular complexity index is 72.0. The summed E-state index contributed by atoms with van der Waals surface area (Å²) in [6.07, 6.45) is 3.94. The summed E-state index contributed by atoms with van der Waals surface area (Å²) in [5, 5.41) is 0. The summed E-state index contributed by atoms with van der Waals surface area (Å²) in [6.45, 7) is 3.82. The highest BCUT2D eigenvalue weighted by atomic mass is 35.5. The Morgan fingerprint density at radius 2 is 1.80 bits per heavy atom. The Balaban J connectivity index is 0.000000810. The van der Waals surface area contributed by atoms with Crippen LogP contribution in [0.2, 0.25) is 0 Å². The zero-order chi connectivity index (χ0) is 6.53. The van der Waals surface area contributed by atoms with Crippen molar-refractivity contribution in [1.82, 2.24) is 4.90 Å². The van der Waals surface area contributed by atoms with Gasteiger partial charge in [0.05, 0.1) is 0 Å².